The van der Waals surface area contributed by atoms with E-state index in [1.807, 2.05) is 0 Å². The molecule has 0 aliphatic rings. The second-order valence-electron chi connectivity index (χ2n) is 3.58. The van der Waals surface area contributed by atoms with E-state index in [0.29, 0.717) is 11.7 Å². The number of unbranched alkanes of at least 4 members (excludes halogenated alkanes) is 1. The van der Waals surface area contributed by atoms with Crippen LogP contribution < -0.4 is 5.32 Å². The molecule has 7 heteroatoms. The van der Waals surface area contributed by atoms with Crippen LogP contribution in [0.5, 0.6) is 0 Å². The standard InChI is InChI=1S/C10H19NO3S2.Na.H/c12-9(11-7-10(13)14)4-2-1-3-8(16)5-6-15;;/h8,15-16H,1-7H2,(H,11,12)(H,13,14);;. The molecule has 1 unspecified atom stereocenters. The first kappa shape index (κ1) is 20.0. The first-order valence-corrected chi connectivity index (χ1v) is 6.48. The summed E-state index contributed by atoms with van der Waals surface area (Å²) in [5.41, 5.74) is 0. The van der Waals surface area contributed by atoms with Crippen LogP contribution in [0.2, 0.25) is 0 Å². The Labute approximate surface area is 135 Å². The fraction of sp³-hybridized carbons (Fsp3) is 0.800. The molecule has 0 spiro atoms. The van der Waals surface area contributed by atoms with Crippen molar-refractivity contribution in [3.63, 3.8) is 0 Å². The molecule has 0 aromatic carbocycles. The van der Waals surface area contributed by atoms with Gasteiger partial charge in [-0.2, -0.15) is 25.3 Å². The molecule has 0 rings (SSSR count). The second kappa shape index (κ2) is 13.1. The van der Waals surface area contributed by atoms with Crippen LogP contribution >= 0.6 is 25.3 Å². The third-order valence-corrected chi connectivity index (χ3v) is 2.86. The molecule has 1 atom stereocenters. The summed E-state index contributed by atoms with van der Waals surface area (Å²) in [4.78, 5) is 21.3. The molecule has 0 aliphatic heterocycles. The Kier molecular flexibility index (Phi) is 15.4. The number of carboxylic acids is 1. The van der Waals surface area contributed by atoms with Crippen molar-refractivity contribution in [1.29, 1.82) is 0 Å². The SMILES string of the molecule is O=C(O)CNC(=O)CCCCC(S)CCS.[NaH]. The molecule has 96 valence electrons. The van der Waals surface area contributed by atoms with E-state index in [9.17, 15) is 9.59 Å². The van der Waals surface area contributed by atoms with Crippen molar-refractivity contribution in [2.75, 3.05) is 12.3 Å². The van der Waals surface area contributed by atoms with Crippen LogP contribution in [0, 0.1) is 0 Å². The Morgan fingerprint density at radius 2 is 1.88 bits per heavy atom. The summed E-state index contributed by atoms with van der Waals surface area (Å²) in [6, 6.07) is 0. The first-order valence-electron chi connectivity index (χ1n) is 5.33. The van der Waals surface area contributed by atoms with Gasteiger partial charge in [0.05, 0.1) is 0 Å². The Balaban J connectivity index is 0. The van der Waals surface area contributed by atoms with Crippen molar-refractivity contribution in [1.82, 2.24) is 5.32 Å². The van der Waals surface area contributed by atoms with Gasteiger partial charge in [-0.3, -0.25) is 9.59 Å². The minimum absolute atomic E-state index is 0. The van der Waals surface area contributed by atoms with E-state index in [1.54, 1.807) is 0 Å². The molecule has 0 saturated carbocycles. The van der Waals surface area contributed by atoms with Gasteiger partial charge in [0.2, 0.25) is 5.91 Å². The van der Waals surface area contributed by atoms with Crippen LogP contribution in [-0.2, 0) is 9.59 Å². The normalized spacial score (nSPS) is 11.4. The molecule has 0 radical (unpaired) electrons. The summed E-state index contributed by atoms with van der Waals surface area (Å²) in [5.74, 6) is -0.391. The predicted octanol–water partition coefficient (Wildman–Crippen LogP) is 0.717. The number of carboxylic acid groups (broad SMARTS) is 1. The molecule has 0 bridgehead atoms. The van der Waals surface area contributed by atoms with Crippen molar-refractivity contribution in [3.8, 4) is 0 Å². The van der Waals surface area contributed by atoms with Gasteiger partial charge < -0.3 is 10.4 Å². The molecule has 2 N–H and O–H groups in total. The Morgan fingerprint density at radius 1 is 1.24 bits per heavy atom. The van der Waals surface area contributed by atoms with E-state index < -0.39 is 5.97 Å². The van der Waals surface area contributed by atoms with E-state index >= 15 is 0 Å². The molecule has 17 heavy (non-hydrogen) atoms. The Bertz CT molecular complexity index is 230. The van der Waals surface area contributed by atoms with Crippen LogP contribution in [-0.4, -0.2) is 64.1 Å². The summed E-state index contributed by atoms with van der Waals surface area (Å²) in [6.45, 7) is -0.298. The van der Waals surface area contributed by atoms with Crippen molar-refractivity contribution in [3.05, 3.63) is 0 Å². The van der Waals surface area contributed by atoms with Gasteiger partial charge >= 0.3 is 35.5 Å². The Hall–Kier alpha value is 0.640. The average Bonchev–Trinajstić information content (AvgIpc) is 2.22. The molecule has 0 heterocycles. The van der Waals surface area contributed by atoms with E-state index in [4.69, 9.17) is 5.11 Å². The molecule has 0 aliphatic carbocycles. The molecule has 1 amide bonds. The number of nitrogens with one attached hydrogen (secondary N) is 1. The van der Waals surface area contributed by atoms with Gasteiger partial charge in [-0.25, -0.2) is 0 Å². The van der Waals surface area contributed by atoms with Crippen molar-refractivity contribution < 1.29 is 14.7 Å². The molecular weight excluding hydrogens is 269 g/mol. The van der Waals surface area contributed by atoms with E-state index in [2.05, 4.69) is 30.6 Å². The van der Waals surface area contributed by atoms with Gasteiger partial charge in [0, 0.05) is 11.7 Å². The zero-order valence-electron chi connectivity index (χ0n) is 9.19. The summed E-state index contributed by atoms with van der Waals surface area (Å²) >= 11 is 8.49. The number of hydrogen-bond donors (Lipinski definition) is 4. The number of amides is 1. The van der Waals surface area contributed by atoms with Gasteiger partial charge in [-0.05, 0) is 25.0 Å². The van der Waals surface area contributed by atoms with Gasteiger partial charge in [0.15, 0.2) is 0 Å². The fourth-order valence-electron chi connectivity index (χ4n) is 1.22. The summed E-state index contributed by atoms with van der Waals surface area (Å²) in [5, 5.41) is 11.0. The van der Waals surface area contributed by atoms with Gasteiger partial charge in [-0.15, -0.1) is 0 Å². The summed E-state index contributed by atoms with van der Waals surface area (Å²) < 4.78 is 0. The van der Waals surface area contributed by atoms with Gasteiger partial charge in [-0.1, -0.05) is 6.42 Å². The predicted molar refractivity (Wildman–Crippen MR) is 77.5 cm³/mol. The zero-order chi connectivity index (χ0) is 12.4. The van der Waals surface area contributed by atoms with Crippen LogP contribution in [0.25, 0.3) is 0 Å². The third kappa shape index (κ3) is 14.6. The fourth-order valence-corrected chi connectivity index (χ4v) is 2.05. The number of carbonyl (C=O) groups excluding carboxylic acids is 1. The minimum atomic E-state index is -1.02. The van der Waals surface area contributed by atoms with Gasteiger partial charge in [0.1, 0.15) is 6.54 Å². The average molecular weight is 289 g/mol. The maximum absolute atomic E-state index is 11.1. The van der Waals surface area contributed by atoms with Crippen LogP contribution in [0.4, 0.5) is 0 Å². The molecule has 0 aromatic heterocycles. The van der Waals surface area contributed by atoms with Crippen molar-refractivity contribution in [2.24, 2.45) is 0 Å². The van der Waals surface area contributed by atoms with Crippen LogP contribution in [0.15, 0.2) is 0 Å². The number of rotatable bonds is 9. The number of thiol groups is 2. The number of aliphatic carboxylic acids is 1. The first-order chi connectivity index (χ1) is 7.56. The summed E-state index contributed by atoms with van der Waals surface area (Å²) in [6.07, 6.45) is 4.03. The number of hydrogen-bond acceptors (Lipinski definition) is 4. The van der Waals surface area contributed by atoms with E-state index in [0.717, 1.165) is 31.4 Å². The summed E-state index contributed by atoms with van der Waals surface area (Å²) in [7, 11) is 0. The molecule has 0 saturated heterocycles. The van der Waals surface area contributed by atoms with E-state index in [-0.39, 0.29) is 42.0 Å². The number of carbonyl (C=O) groups is 2. The molecular formula is C10H20NNaO3S2. The monoisotopic (exact) mass is 289 g/mol. The second-order valence-corrected chi connectivity index (χ2v) is 4.76. The third-order valence-electron chi connectivity index (χ3n) is 2.09. The van der Waals surface area contributed by atoms with Crippen molar-refractivity contribution >= 4 is 66.7 Å². The van der Waals surface area contributed by atoms with Crippen LogP contribution in [0.3, 0.4) is 0 Å². The van der Waals surface area contributed by atoms with Crippen LogP contribution in [0.1, 0.15) is 32.1 Å². The quantitative estimate of drug-likeness (QED) is 0.287. The zero-order valence-corrected chi connectivity index (χ0v) is 11.0. The topological polar surface area (TPSA) is 66.4 Å². The Morgan fingerprint density at radius 3 is 2.41 bits per heavy atom. The van der Waals surface area contributed by atoms with E-state index in [1.165, 1.54) is 0 Å². The maximum atomic E-state index is 11.1. The van der Waals surface area contributed by atoms with Gasteiger partial charge in [0.25, 0.3) is 0 Å². The molecule has 0 fully saturated rings. The molecule has 4 nitrogen and oxygen atoms in total. The van der Waals surface area contributed by atoms with Crippen molar-refractivity contribution in [2.45, 2.75) is 37.4 Å². The molecule has 0 aromatic rings.